The van der Waals surface area contributed by atoms with E-state index in [4.69, 9.17) is 9.84 Å². The molecule has 0 atom stereocenters. The molecule has 0 radical (unpaired) electrons. The van der Waals surface area contributed by atoms with Crippen molar-refractivity contribution >= 4 is 5.97 Å². The Morgan fingerprint density at radius 3 is 2.43 bits per heavy atom. The van der Waals surface area contributed by atoms with Crippen LogP contribution in [0.4, 0.5) is 0 Å². The van der Waals surface area contributed by atoms with Crippen LogP contribution in [0.25, 0.3) is 0 Å². The third-order valence-electron chi connectivity index (χ3n) is 3.16. The van der Waals surface area contributed by atoms with Crippen molar-refractivity contribution in [3.05, 3.63) is 59.7 Å². The molecule has 4 nitrogen and oxygen atoms in total. The molecule has 2 rings (SSSR count). The van der Waals surface area contributed by atoms with Crippen molar-refractivity contribution in [2.45, 2.75) is 25.9 Å². The van der Waals surface area contributed by atoms with E-state index in [1.807, 2.05) is 30.3 Å². The van der Waals surface area contributed by atoms with Crippen molar-refractivity contribution in [2.75, 3.05) is 0 Å². The van der Waals surface area contributed by atoms with Crippen LogP contribution in [0, 0.1) is 0 Å². The number of phenols is 1. The zero-order valence-electron chi connectivity index (χ0n) is 12.0. The Balaban J connectivity index is 2.32. The van der Waals surface area contributed by atoms with Crippen LogP contribution < -0.4 is 4.74 Å². The summed E-state index contributed by atoms with van der Waals surface area (Å²) < 4.78 is 5.61. The number of carboxylic acid groups (broad SMARTS) is 1. The first kappa shape index (κ1) is 14.9. The average molecular weight is 286 g/mol. The third kappa shape index (κ3) is 3.75. The Kier molecular flexibility index (Phi) is 4.17. The maximum absolute atomic E-state index is 11.2. The minimum Gasteiger partial charge on any atom is -0.508 e. The molecule has 0 saturated carbocycles. The van der Waals surface area contributed by atoms with E-state index in [0.717, 1.165) is 11.1 Å². The van der Waals surface area contributed by atoms with Gasteiger partial charge >= 0.3 is 5.97 Å². The molecule has 0 heterocycles. The summed E-state index contributed by atoms with van der Waals surface area (Å²) in [6, 6.07) is 14.4. The zero-order chi connectivity index (χ0) is 15.5. The van der Waals surface area contributed by atoms with Gasteiger partial charge in [-0.15, -0.1) is 0 Å². The normalized spacial score (nSPS) is 11.1. The SMILES string of the molecule is CC(C)(Oc1ccc(O)cc1Cc1ccccc1)C(=O)O. The van der Waals surface area contributed by atoms with Gasteiger partial charge in [0, 0.05) is 12.0 Å². The van der Waals surface area contributed by atoms with Gasteiger partial charge in [-0.25, -0.2) is 4.79 Å². The van der Waals surface area contributed by atoms with Gasteiger partial charge in [0.25, 0.3) is 0 Å². The predicted molar refractivity (Wildman–Crippen MR) is 79.7 cm³/mol. The van der Waals surface area contributed by atoms with Crippen LogP contribution in [-0.4, -0.2) is 21.8 Å². The lowest BCUT2D eigenvalue weighted by molar-refractivity contribution is -0.152. The van der Waals surface area contributed by atoms with Crippen molar-refractivity contribution in [2.24, 2.45) is 0 Å². The second kappa shape index (κ2) is 5.87. The average Bonchev–Trinajstić information content (AvgIpc) is 2.43. The molecule has 2 N–H and O–H groups in total. The zero-order valence-corrected chi connectivity index (χ0v) is 12.0. The van der Waals surface area contributed by atoms with Gasteiger partial charge in [0.15, 0.2) is 5.60 Å². The number of carboxylic acids is 1. The minimum absolute atomic E-state index is 0.126. The van der Waals surface area contributed by atoms with Crippen LogP contribution in [0.15, 0.2) is 48.5 Å². The Morgan fingerprint density at radius 1 is 1.14 bits per heavy atom. The first-order valence-corrected chi connectivity index (χ1v) is 6.67. The number of ether oxygens (including phenoxy) is 1. The van der Waals surface area contributed by atoms with Gasteiger partial charge in [-0.2, -0.15) is 0 Å². The summed E-state index contributed by atoms with van der Waals surface area (Å²) in [6.07, 6.45) is 0.556. The van der Waals surface area contributed by atoms with E-state index < -0.39 is 11.6 Å². The Hall–Kier alpha value is -2.49. The predicted octanol–water partition coefficient (Wildman–Crippen LogP) is 3.23. The minimum atomic E-state index is -1.33. The number of benzene rings is 2. The number of phenolic OH excluding ortho intramolecular Hbond substituents is 1. The number of rotatable bonds is 5. The molecular formula is C17H18O4. The van der Waals surface area contributed by atoms with Gasteiger partial charge in [-0.1, -0.05) is 30.3 Å². The Bertz CT molecular complexity index is 632. The lowest BCUT2D eigenvalue weighted by Crippen LogP contribution is -2.38. The molecule has 0 bridgehead atoms. The van der Waals surface area contributed by atoms with E-state index in [1.165, 1.54) is 19.9 Å². The fourth-order valence-electron chi connectivity index (χ4n) is 1.94. The van der Waals surface area contributed by atoms with Crippen LogP contribution in [0.3, 0.4) is 0 Å². The second-order valence-corrected chi connectivity index (χ2v) is 5.37. The molecule has 0 aliphatic heterocycles. The van der Waals surface area contributed by atoms with E-state index in [0.29, 0.717) is 12.2 Å². The molecule has 2 aromatic carbocycles. The Labute approximate surface area is 123 Å². The van der Waals surface area contributed by atoms with Gasteiger partial charge in [-0.05, 0) is 37.6 Å². The molecule has 110 valence electrons. The standard InChI is InChI=1S/C17H18O4/c1-17(2,16(19)20)21-15-9-8-14(18)11-13(15)10-12-6-4-3-5-7-12/h3-9,11,18H,10H2,1-2H3,(H,19,20). The molecule has 0 aliphatic rings. The second-order valence-electron chi connectivity index (χ2n) is 5.37. The first-order valence-electron chi connectivity index (χ1n) is 6.67. The van der Waals surface area contributed by atoms with E-state index in [1.54, 1.807) is 12.1 Å². The maximum atomic E-state index is 11.2. The molecule has 2 aromatic rings. The van der Waals surface area contributed by atoms with Crippen molar-refractivity contribution < 1.29 is 19.7 Å². The molecule has 0 fully saturated rings. The molecule has 0 aliphatic carbocycles. The Morgan fingerprint density at radius 2 is 1.81 bits per heavy atom. The molecule has 0 amide bonds. The van der Waals surface area contributed by atoms with Crippen molar-refractivity contribution in [3.63, 3.8) is 0 Å². The lowest BCUT2D eigenvalue weighted by Gasteiger charge is -2.23. The largest absolute Gasteiger partial charge is 0.508 e. The summed E-state index contributed by atoms with van der Waals surface area (Å²) in [5.74, 6) is -0.452. The first-order chi connectivity index (χ1) is 9.88. The van der Waals surface area contributed by atoms with Crippen LogP contribution in [0.2, 0.25) is 0 Å². The molecule has 0 unspecified atom stereocenters. The van der Waals surface area contributed by atoms with Crippen LogP contribution >= 0.6 is 0 Å². The molecular weight excluding hydrogens is 268 g/mol. The molecule has 0 spiro atoms. The van der Waals surface area contributed by atoms with Gasteiger partial charge in [0.05, 0.1) is 0 Å². The summed E-state index contributed by atoms with van der Waals surface area (Å²) in [6.45, 7) is 2.99. The molecule has 0 aromatic heterocycles. The fourth-order valence-corrected chi connectivity index (χ4v) is 1.94. The van der Waals surface area contributed by atoms with Crippen LogP contribution in [0.5, 0.6) is 11.5 Å². The number of hydrogen-bond donors (Lipinski definition) is 2. The number of aliphatic carboxylic acids is 1. The highest BCUT2D eigenvalue weighted by molar-refractivity contribution is 5.76. The highest BCUT2D eigenvalue weighted by atomic mass is 16.5. The number of hydrogen-bond acceptors (Lipinski definition) is 3. The molecule has 4 heteroatoms. The van der Waals surface area contributed by atoms with E-state index in [-0.39, 0.29) is 5.75 Å². The lowest BCUT2D eigenvalue weighted by atomic mass is 10.0. The van der Waals surface area contributed by atoms with Crippen molar-refractivity contribution in [1.29, 1.82) is 0 Å². The summed E-state index contributed by atoms with van der Waals surface area (Å²) in [7, 11) is 0. The smallest absolute Gasteiger partial charge is 0.347 e. The van der Waals surface area contributed by atoms with Crippen molar-refractivity contribution in [1.82, 2.24) is 0 Å². The van der Waals surface area contributed by atoms with E-state index in [9.17, 15) is 9.90 Å². The van der Waals surface area contributed by atoms with Gasteiger partial charge < -0.3 is 14.9 Å². The monoisotopic (exact) mass is 286 g/mol. The number of carbonyl (C=O) groups is 1. The topological polar surface area (TPSA) is 66.8 Å². The number of aromatic hydroxyl groups is 1. The van der Waals surface area contributed by atoms with Crippen molar-refractivity contribution in [3.8, 4) is 11.5 Å². The summed E-state index contributed by atoms with van der Waals surface area (Å²) in [4.78, 5) is 11.2. The van der Waals surface area contributed by atoms with Gasteiger partial charge in [0.1, 0.15) is 11.5 Å². The fraction of sp³-hybridized carbons (Fsp3) is 0.235. The molecule has 0 saturated heterocycles. The summed E-state index contributed by atoms with van der Waals surface area (Å²) >= 11 is 0. The van der Waals surface area contributed by atoms with E-state index >= 15 is 0 Å². The highest BCUT2D eigenvalue weighted by Gasteiger charge is 2.30. The maximum Gasteiger partial charge on any atom is 0.347 e. The van der Waals surface area contributed by atoms with Crippen LogP contribution in [-0.2, 0) is 11.2 Å². The quantitative estimate of drug-likeness (QED) is 0.885. The highest BCUT2D eigenvalue weighted by Crippen LogP contribution is 2.29. The van der Waals surface area contributed by atoms with Gasteiger partial charge in [0.2, 0.25) is 0 Å². The van der Waals surface area contributed by atoms with E-state index in [2.05, 4.69) is 0 Å². The summed E-state index contributed by atoms with van der Waals surface area (Å²) in [5.41, 5.74) is 0.471. The summed E-state index contributed by atoms with van der Waals surface area (Å²) in [5, 5.41) is 18.8. The molecule has 21 heavy (non-hydrogen) atoms. The van der Waals surface area contributed by atoms with Gasteiger partial charge in [-0.3, -0.25) is 0 Å². The van der Waals surface area contributed by atoms with Crippen LogP contribution in [0.1, 0.15) is 25.0 Å². The third-order valence-corrected chi connectivity index (χ3v) is 3.16.